The van der Waals surface area contributed by atoms with Gasteiger partial charge in [-0.3, -0.25) is 4.79 Å². The van der Waals surface area contributed by atoms with Crippen LogP contribution in [0.25, 0.3) is 0 Å². The summed E-state index contributed by atoms with van der Waals surface area (Å²) >= 11 is 0. The number of methoxy groups -OCH3 is 2. The van der Waals surface area contributed by atoms with Crippen molar-refractivity contribution < 1.29 is 19.4 Å². The number of amides is 1. The predicted octanol–water partition coefficient (Wildman–Crippen LogP) is 2.43. The number of benzene rings is 2. The topological polar surface area (TPSA) is 67.8 Å². The molecule has 5 nitrogen and oxygen atoms in total. The van der Waals surface area contributed by atoms with Crippen molar-refractivity contribution in [1.29, 1.82) is 0 Å². The van der Waals surface area contributed by atoms with Gasteiger partial charge in [0, 0.05) is 6.42 Å². The molecule has 2 aromatic carbocycles. The lowest BCUT2D eigenvalue weighted by Gasteiger charge is -2.21. The Morgan fingerprint density at radius 1 is 1.12 bits per heavy atom. The smallest absolute Gasteiger partial charge is 0.255 e. The van der Waals surface area contributed by atoms with Crippen LogP contribution in [0, 0.1) is 0 Å². The molecule has 2 aromatic rings. The number of hydrogen-bond donors (Lipinski definition) is 2. The molecule has 0 aliphatic rings. The lowest BCUT2D eigenvalue weighted by Crippen LogP contribution is -2.42. The molecule has 128 valence electrons. The van der Waals surface area contributed by atoms with Crippen molar-refractivity contribution in [3.8, 4) is 11.5 Å². The maximum atomic E-state index is 12.5. The number of aliphatic hydroxyl groups excluding tert-OH is 1. The van der Waals surface area contributed by atoms with Crippen LogP contribution in [0.5, 0.6) is 11.5 Å². The van der Waals surface area contributed by atoms with E-state index >= 15 is 0 Å². The Kier molecular flexibility index (Phi) is 6.21. The van der Waals surface area contributed by atoms with Crippen molar-refractivity contribution in [3.05, 3.63) is 59.7 Å². The van der Waals surface area contributed by atoms with Gasteiger partial charge in [0.25, 0.3) is 5.91 Å². The van der Waals surface area contributed by atoms with Crippen LogP contribution in [-0.2, 0) is 6.42 Å². The summed E-state index contributed by atoms with van der Waals surface area (Å²) < 4.78 is 10.4. The Labute approximate surface area is 142 Å². The summed E-state index contributed by atoms with van der Waals surface area (Å²) in [5, 5.41) is 13.1. The predicted molar refractivity (Wildman–Crippen MR) is 92.6 cm³/mol. The molecular formula is C19H23NO4. The van der Waals surface area contributed by atoms with E-state index in [0.29, 0.717) is 23.5 Å². The number of hydrogen-bond acceptors (Lipinski definition) is 4. The zero-order valence-electron chi connectivity index (χ0n) is 14.2. The molecule has 24 heavy (non-hydrogen) atoms. The zero-order valence-corrected chi connectivity index (χ0v) is 14.2. The van der Waals surface area contributed by atoms with Crippen molar-refractivity contribution in [2.45, 2.75) is 25.5 Å². The third kappa shape index (κ3) is 4.49. The van der Waals surface area contributed by atoms with Crippen LogP contribution in [0.3, 0.4) is 0 Å². The quantitative estimate of drug-likeness (QED) is 0.819. The number of carbonyl (C=O) groups excluding carboxylic acids is 1. The van der Waals surface area contributed by atoms with Crippen LogP contribution in [0.15, 0.2) is 48.5 Å². The molecule has 0 bridgehead atoms. The van der Waals surface area contributed by atoms with E-state index in [1.165, 1.54) is 14.2 Å². The van der Waals surface area contributed by atoms with Gasteiger partial charge < -0.3 is 19.9 Å². The molecular weight excluding hydrogens is 306 g/mol. The van der Waals surface area contributed by atoms with E-state index < -0.39 is 12.1 Å². The van der Waals surface area contributed by atoms with Crippen LogP contribution in [0.1, 0.15) is 22.8 Å². The van der Waals surface area contributed by atoms with E-state index in [9.17, 15) is 9.90 Å². The van der Waals surface area contributed by atoms with Crippen LogP contribution in [0.2, 0.25) is 0 Å². The Balaban J connectivity index is 2.05. The summed E-state index contributed by atoms with van der Waals surface area (Å²) in [7, 11) is 3.04. The third-order valence-electron chi connectivity index (χ3n) is 3.87. The molecule has 0 aliphatic carbocycles. The fourth-order valence-corrected chi connectivity index (χ4v) is 2.40. The Morgan fingerprint density at radius 3 is 2.46 bits per heavy atom. The maximum absolute atomic E-state index is 12.5. The monoisotopic (exact) mass is 329 g/mol. The van der Waals surface area contributed by atoms with Gasteiger partial charge in [0.15, 0.2) is 0 Å². The van der Waals surface area contributed by atoms with Gasteiger partial charge in [-0.1, -0.05) is 30.3 Å². The highest BCUT2D eigenvalue weighted by Crippen LogP contribution is 2.24. The van der Waals surface area contributed by atoms with Crippen molar-refractivity contribution in [3.63, 3.8) is 0 Å². The zero-order chi connectivity index (χ0) is 17.5. The van der Waals surface area contributed by atoms with E-state index in [0.717, 1.165) is 5.56 Å². The number of aliphatic hydroxyl groups is 1. The van der Waals surface area contributed by atoms with Gasteiger partial charge in [0.2, 0.25) is 0 Å². The second-order valence-electron chi connectivity index (χ2n) is 5.59. The summed E-state index contributed by atoms with van der Waals surface area (Å²) in [5.41, 5.74) is 1.39. The highest BCUT2D eigenvalue weighted by molar-refractivity contribution is 5.97. The average Bonchev–Trinajstić information content (AvgIpc) is 2.61. The van der Waals surface area contributed by atoms with Crippen molar-refractivity contribution in [2.24, 2.45) is 0 Å². The SMILES string of the molecule is COc1ccc(OC)c(C(=O)N[C@H](C)[C@@H](O)Cc2ccccc2)c1. The standard InChI is InChI=1S/C19H23NO4/c1-13(17(21)11-14-7-5-4-6-8-14)20-19(22)16-12-15(23-2)9-10-18(16)24-3/h4-10,12-13,17,21H,11H2,1-3H3,(H,20,22)/t13-,17+/m1/s1. The number of nitrogens with one attached hydrogen (secondary N) is 1. The number of ether oxygens (including phenoxy) is 2. The molecule has 0 spiro atoms. The normalized spacial score (nSPS) is 13.0. The molecule has 5 heteroatoms. The molecule has 2 N–H and O–H groups in total. The van der Waals surface area contributed by atoms with Gasteiger partial charge >= 0.3 is 0 Å². The lowest BCUT2D eigenvalue weighted by atomic mass is 10.0. The van der Waals surface area contributed by atoms with E-state index in [4.69, 9.17) is 9.47 Å². The van der Waals surface area contributed by atoms with Gasteiger partial charge in [0.05, 0.1) is 31.9 Å². The Hall–Kier alpha value is -2.53. The van der Waals surface area contributed by atoms with Gasteiger partial charge in [-0.2, -0.15) is 0 Å². The molecule has 0 unspecified atom stereocenters. The minimum absolute atomic E-state index is 0.314. The number of rotatable bonds is 7. The third-order valence-corrected chi connectivity index (χ3v) is 3.87. The summed E-state index contributed by atoms with van der Waals surface area (Å²) in [6.45, 7) is 1.78. The fraction of sp³-hybridized carbons (Fsp3) is 0.316. The minimum atomic E-state index is -0.687. The van der Waals surface area contributed by atoms with Crippen LogP contribution < -0.4 is 14.8 Å². The second-order valence-corrected chi connectivity index (χ2v) is 5.59. The molecule has 2 rings (SSSR count). The van der Waals surface area contributed by atoms with E-state index in [2.05, 4.69) is 5.32 Å². The van der Waals surface area contributed by atoms with E-state index in [1.54, 1.807) is 25.1 Å². The Morgan fingerprint density at radius 2 is 1.83 bits per heavy atom. The van der Waals surface area contributed by atoms with Crippen molar-refractivity contribution >= 4 is 5.91 Å². The van der Waals surface area contributed by atoms with Crippen LogP contribution in [-0.4, -0.2) is 37.4 Å². The van der Waals surface area contributed by atoms with Gasteiger partial charge in [-0.25, -0.2) is 0 Å². The fourth-order valence-electron chi connectivity index (χ4n) is 2.40. The molecule has 0 saturated heterocycles. The van der Waals surface area contributed by atoms with Gasteiger partial charge in [-0.05, 0) is 30.7 Å². The lowest BCUT2D eigenvalue weighted by molar-refractivity contribution is 0.0848. The van der Waals surface area contributed by atoms with E-state index in [1.807, 2.05) is 30.3 Å². The highest BCUT2D eigenvalue weighted by Gasteiger charge is 2.20. The largest absolute Gasteiger partial charge is 0.497 e. The van der Waals surface area contributed by atoms with Gasteiger partial charge in [0.1, 0.15) is 11.5 Å². The first-order valence-electron chi connectivity index (χ1n) is 7.80. The molecule has 0 radical (unpaired) electrons. The highest BCUT2D eigenvalue weighted by atomic mass is 16.5. The molecule has 2 atom stereocenters. The average molecular weight is 329 g/mol. The second kappa shape index (κ2) is 8.36. The first kappa shape index (κ1) is 17.8. The van der Waals surface area contributed by atoms with Gasteiger partial charge in [-0.15, -0.1) is 0 Å². The first-order valence-corrected chi connectivity index (χ1v) is 7.80. The summed E-state index contributed by atoms with van der Waals surface area (Å²) in [6, 6.07) is 14.3. The molecule has 0 aromatic heterocycles. The molecule has 1 amide bonds. The molecule has 0 saturated carbocycles. The number of carbonyl (C=O) groups is 1. The van der Waals surface area contributed by atoms with Crippen LogP contribution >= 0.6 is 0 Å². The minimum Gasteiger partial charge on any atom is -0.497 e. The summed E-state index contributed by atoms with van der Waals surface area (Å²) in [4.78, 5) is 12.5. The van der Waals surface area contributed by atoms with Crippen LogP contribution in [0.4, 0.5) is 0 Å². The maximum Gasteiger partial charge on any atom is 0.255 e. The summed E-state index contributed by atoms with van der Waals surface area (Å²) in [5.74, 6) is 0.710. The molecule has 0 aliphatic heterocycles. The Bertz CT molecular complexity index is 672. The molecule has 0 fully saturated rings. The summed E-state index contributed by atoms with van der Waals surface area (Å²) in [6.07, 6.45) is -0.217. The molecule has 0 heterocycles. The van der Waals surface area contributed by atoms with Crippen molar-refractivity contribution in [1.82, 2.24) is 5.32 Å². The van der Waals surface area contributed by atoms with Crippen molar-refractivity contribution in [2.75, 3.05) is 14.2 Å². The van der Waals surface area contributed by atoms with E-state index in [-0.39, 0.29) is 5.91 Å². The first-order chi connectivity index (χ1) is 11.5.